The first-order chi connectivity index (χ1) is 16.0. The molecule has 1 fully saturated rings. The molecule has 1 saturated carbocycles. The van der Waals surface area contributed by atoms with Gasteiger partial charge in [0.15, 0.2) is 0 Å². The molecule has 168 valence electrons. The lowest BCUT2D eigenvalue weighted by Gasteiger charge is -2.24. The number of anilines is 2. The second-order valence-electron chi connectivity index (χ2n) is 8.25. The number of pyridine rings is 1. The first kappa shape index (κ1) is 21.0. The molecule has 0 radical (unpaired) electrons. The van der Waals surface area contributed by atoms with Crippen molar-refractivity contribution in [2.75, 3.05) is 11.1 Å². The van der Waals surface area contributed by atoms with Gasteiger partial charge in [0.2, 0.25) is 0 Å². The number of nitrogen functional groups attached to an aromatic ring is 1. The summed E-state index contributed by atoms with van der Waals surface area (Å²) in [6, 6.07) is 9.41. The van der Waals surface area contributed by atoms with Gasteiger partial charge in [-0.25, -0.2) is 19.3 Å². The highest BCUT2D eigenvalue weighted by Crippen LogP contribution is 2.34. The van der Waals surface area contributed by atoms with Crippen molar-refractivity contribution >= 4 is 23.1 Å². The number of amides is 1. The van der Waals surface area contributed by atoms with Crippen molar-refractivity contribution in [3.8, 4) is 11.3 Å². The lowest BCUT2D eigenvalue weighted by Crippen LogP contribution is -2.18. The molecule has 4 aromatic rings. The van der Waals surface area contributed by atoms with E-state index in [9.17, 15) is 14.3 Å². The molecular weight excluding hydrogens is 423 g/mol. The Labute approximate surface area is 189 Å². The van der Waals surface area contributed by atoms with Crippen LogP contribution in [0.15, 0.2) is 55.0 Å². The molecule has 0 spiro atoms. The summed E-state index contributed by atoms with van der Waals surface area (Å²) in [6.45, 7) is 0. The second-order valence-corrected chi connectivity index (χ2v) is 8.25. The van der Waals surface area contributed by atoms with E-state index in [1.165, 1.54) is 12.1 Å². The number of aliphatic hydroxyl groups excluding tert-OH is 1. The van der Waals surface area contributed by atoms with Crippen LogP contribution in [0.25, 0.3) is 16.8 Å². The summed E-state index contributed by atoms with van der Waals surface area (Å²) in [6.07, 6.45) is 7.92. The van der Waals surface area contributed by atoms with Crippen LogP contribution < -0.4 is 11.1 Å². The van der Waals surface area contributed by atoms with Crippen LogP contribution in [-0.2, 0) is 0 Å². The standard InChI is InChI=1S/C24H23FN6O2/c25-18-11-15(6-9-17(18)24(33)30-21-3-1-2-10-27-21)19-13-31-20(22(26)29-19)12-28-23(31)14-4-7-16(32)8-5-14/h1-3,6,9-14,16,32H,4-5,7-8H2,(H2,26,29)(H,27,30,33)/t14-,16-. The van der Waals surface area contributed by atoms with Gasteiger partial charge in [-0.2, -0.15) is 0 Å². The Morgan fingerprint density at radius 1 is 1.15 bits per heavy atom. The van der Waals surface area contributed by atoms with E-state index in [2.05, 4.69) is 20.3 Å². The Bertz CT molecular complexity index is 1320. The van der Waals surface area contributed by atoms with E-state index in [0.29, 0.717) is 28.4 Å². The number of nitrogens with two attached hydrogens (primary N) is 1. The fourth-order valence-electron chi connectivity index (χ4n) is 4.29. The molecule has 1 amide bonds. The van der Waals surface area contributed by atoms with Gasteiger partial charge in [-0.1, -0.05) is 12.1 Å². The molecule has 9 heteroatoms. The number of nitrogens with zero attached hydrogens (tertiary/aromatic N) is 4. The van der Waals surface area contributed by atoms with Gasteiger partial charge in [0.25, 0.3) is 5.91 Å². The average Bonchev–Trinajstić information content (AvgIpc) is 3.25. The van der Waals surface area contributed by atoms with E-state index in [1.54, 1.807) is 42.9 Å². The van der Waals surface area contributed by atoms with Crippen LogP contribution in [0.2, 0.25) is 0 Å². The molecule has 8 nitrogen and oxygen atoms in total. The first-order valence-corrected chi connectivity index (χ1v) is 10.8. The van der Waals surface area contributed by atoms with E-state index in [-0.39, 0.29) is 17.6 Å². The number of imidazole rings is 1. The van der Waals surface area contributed by atoms with Crippen molar-refractivity contribution in [2.45, 2.75) is 37.7 Å². The van der Waals surface area contributed by atoms with E-state index >= 15 is 0 Å². The van der Waals surface area contributed by atoms with E-state index in [1.807, 2.05) is 4.40 Å². The number of halogens is 1. The van der Waals surface area contributed by atoms with Crippen LogP contribution in [0, 0.1) is 5.82 Å². The Morgan fingerprint density at radius 3 is 2.70 bits per heavy atom. The maximum absolute atomic E-state index is 14.9. The molecule has 1 aliphatic rings. The summed E-state index contributed by atoms with van der Waals surface area (Å²) in [7, 11) is 0. The number of rotatable bonds is 4. The van der Waals surface area contributed by atoms with Gasteiger partial charge in [-0.05, 0) is 49.9 Å². The molecular formula is C24H23FN6O2. The number of carbonyl (C=O) groups excluding carboxylic acids is 1. The molecule has 5 rings (SSSR count). The van der Waals surface area contributed by atoms with Crippen LogP contribution in [0.1, 0.15) is 47.8 Å². The minimum atomic E-state index is -0.673. The van der Waals surface area contributed by atoms with Crippen molar-refractivity contribution in [1.29, 1.82) is 0 Å². The van der Waals surface area contributed by atoms with Crippen molar-refractivity contribution in [2.24, 2.45) is 0 Å². The number of hydrogen-bond donors (Lipinski definition) is 3. The molecule has 0 saturated heterocycles. The predicted octanol–water partition coefficient (Wildman–Crippen LogP) is 3.78. The van der Waals surface area contributed by atoms with Crippen molar-refractivity contribution < 1.29 is 14.3 Å². The van der Waals surface area contributed by atoms with Gasteiger partial charge in [-0.3, -0.25) is 9.20 Å². The second kappa shape index (κ2) is 8.59. The Morgan fingerprint density at radius 2 is 1.97 bits per heavy atom. The van der Waals surface area contributed by atoms with Crippen LogP contribution >= 0.6 is 0 Å². The van der Waals surface area contributed by atoms with E-state index < -0.39 is 11.7 Å². The predicted molar refractivity (Wildman–Crippen MR) is 122 cm³/mol. The molecule has 4 N–H and O–H groups in total. The highest BCUT2D eigenvalue weighted by Gasteiger charge is 2.25. The third-order valence-corrected chi connectivity index (χ3v) is 6.06. The number of fused-ring (bicyclic) bond motifs is 1. The topological polar surface area (TPSA) is 118 Å². The monoisotopic (exact) mass is 446 g/mol. The minimum absolute atomic E-state index is 0.0949. The van der Waals surface area contributed by atoms with Gasteiger partial charge in [0, 0.05) is 23.9 Å². The van der Waals surface area contributed by atoms with Crippen LogP contribution in [-0.4, -0.2) is 36.5 Å². The maximum Gasteiger partial charge on any atom is 0.259 e. The number of carbonyl (C=O) groups is 1. The zero-order valence-corrected chi connectivity index (χ0v) is 17.8. The molecule has 0 atom stereocenters. The third kappa shape index (κ3) is 4.14. The SMILES string of the molecule is Nc1nc(-c2ccc(C(=O)Nc3ccccn3)c(F)c2)cn2c1cnc2[C@H]1CC[C@H](O)CC1. The number of benzene rings is 1. The highest BCUT2D eigenvalue weighted by molar-refractivity contribution is 6.04. The summed E-state index contributed by atoms with van der Waals surface area (Å²) < 4.78 is 16.8. The van der Waals surface area contributed by atoms with Crippen LogP contribution in [0.5, 0.6) is 0 Å². The Hall–Kier alpha value is -3.85. The third-order valence-electron chi connectivity index (χ3n) is 6.06. The van der Waals surface area contributed by atoms with Crippen LogP contribution in [0.3, 0.4) is 0 Å². The van der Waals surface area contributed by atoms with Gasteiger partial charge in [0.1, 0.15) is 28.8 Å². The summed E-state index contributed by atoms with van der Waals surface area (Å²) in [5.41, 5.74) is 7.75. The lowest BCUT2D eigenvalue weighted by molar-refractivity contribution is 0.102. The van der Waals surface area contributed by atoms with Crippen molar-refractivity contribution in [3.63, 3.8) is 0 Å². The zero-order chi connectivity index (χ0) is 22.9. The molecule has 0 aliphatic heterocycles. The molecule has 0 unspecified atom stereocenters. The molecule has 1 aliphatic carbocycles. The van der Waals surface area contributed by atoms with E-state index in [0.717, 1.165) is 31.5 Å². The molecule has 3 heterocycles. The maximum atomic E-state index is 14.9. The first-order valence-electron chi connectivity index (χ1n) is 10.8. The van der Waals surface area contributed by atoms with Gasteiger partial charge in [-0.15, -0.1) is 0 Å². The Kier molecular flexibility index (Phi) is 5.47. The van der Waals surface area contributed by atoms with Crippen molar-refractivity contribution in [3.05, 3.63) is 72.2 Å². The number of nitrogens with one attached hydrogen (secondary N) is 1. The average molecular weight is 446 g/mol. The summed E-state index contributed by atoms with van der Waals surface area (Å²) >= 11 is 0. The lowest BCUT2D eigenvalue weighted by atomic mass is 9.87. The normalized spacial score (nSPS) is 18.4. The summed E-state index contributed by atoms with van der Waals surface area (Å²) in [5.74, 6) is 0.442. The largest absolute Gasteiger partial charge is 0.393 e. The van der Waals surface area contributed by atoms with Gasteiger partial charge >= 0.3 is 0 Å². The molecule has 3 aromatic heterocycles. The number of aromatic nitrogens is 4. The minimum Gasteiger partial charge on any atom is -0.393 e. The zero-order valence-electron chi connectivity index (χ0n) is 17.8. The molecule has 33 heavy (non-hydrogen) atoms. The quantitative estimate of drug-likeness (QED) is 0.439. The van der Waals surface area contributed by atoms with E-state index in [4.69, 9.17) is 5.73 Å². The molecule has 0 bridgehead atoms. The fraction of sp³-hybridized carbons (Fsp3) is 0.250. The van der Waals surface area contributed by atoms with Crippen molar-refractivity contribution in [1.82, 2.24) is 19.4 Å². The number of aliphatic hydroxyl groups is 1. The molecule has 1 aromatic carbocycles. The highest BCUT2D eigenvalue weighted by atomic mass is 19.1. The fourth-order valence-corrected chi connectivity index (χ4v) is 4.29. The summed E-state index contributed by atoms with van der Waals surface area (Å²) in [4.78, 5) is 25.5. The van der Waals surface area contributed by atoms with Gasteiger partial charge in [0.05, 0.1) is 23.6 Å². The smallest absolute Gasteiger partial charge is 0.259 e. The number of hydrogen-bond acceptors (Lipinski definition) is 6. The Balaban J connectivity index is 1.45. The van der Waals surface area contributed by atoms with Gasteiger partial charge < -0.3 is 16.2 Å². The summed E-state index contributed by atoms with van der Waals surface area (Å²) in [5, 5.41) is 12.4. The van der Waals surface area contributed by atoms with Crippen LogP contribution in [0.4, 0.5) is 16.0 Å².